The van der Waals surface area contributed by atoms with Gasteiger partial charge in [-0.15, -0.1) is 0 Å². The number of benzene rings is 2. The zero-order chi connectivity index (χ0) is 20.4. The molecule has 4 rings (SSSR count). The monoisotopic (exact) mass is 430 g/mol. The van der Waals surface area contributed by atoms with E-state index >= 15 is 0 Å². The van der Waals surface area contributed by atoms with Crippen LogP contribution in [0.3, 0.4) is 0 Å². The van der Waals surface area contributed by atoms with Crippen LogP contribution in [-0.4, -0.2) is 36.4 Å². The minimum atomic E-state index is -3.28. The summed E-state index contributed by atoms with van der Waals surface area (Å²) in [6.07, 6.45) is 4.11. The van der Waals surface area contributed by atoms with Crippen LogP contribution in [0.4, 0.5) is 5.69 Å². The number of carbonyl (C=O) groups excluding carboxylic acids is 1. The van der Waals surface area contributed by atoms with Crippen LogP contribution in [0, 0.1) is 0 Å². The predicted octanol–water partition coefficient (Wildman–Crippen LogP) is 3.00. The molecule has 0 bridgehead atoms. The molecule has 7 nitrogen and oxygen atoms in total. The van der Waals surface area contributed by atoms with E-state index in [2.05, 4.69) is 10.4 Å². The minimum Gasteiger partial charge on any atom is -0.348 e. The number of nitrogens with zero attached hydrogens (tertiary/aromatic N) is 3. The van der Waals surface area contributed by atoms with Crippen molar-refractivity contribution < 1.29 is 13.2 Å². The van der Waals surface area contributed by atoms with Crippen LogP contribution in [-0.2, 0) is 16.6 Å². The number of sulfonamides is 1. The van der Waals surface area contributed by atoms with Crippen LogP contribution in [0.25, 0.3) is 5.69 Å². The molecule has 0 radical (unpaired) electrons. The second kappa shape index (κ2) is 7.88. The third-order valence-corrected chi connectivity index (χ3v) is 6.80. The average molecular weight is 431 g/mol. The lowest BCUT2D eigenvalue weighted by molar-refractivity contribution is 0.0951. The Kier molecular flexibility index (Phi) is 5.29. The van der Waals surface area contributed by atoms with Crippen molar-refractivity contribution in [2.24, 2.45) is 0 Å². The number of nitrogens with one attached hydrogen (secondary N) is 1. The molecule has 29 heavy (non-hydrogen) atoms. The van der Waals surface area contributed by atoms with Gasteiger partial charge in [0.1, 0.15) is 0 Å². The Morgan fingerprint density at radius 3 is 2.66 bits per heavy atom. The molecule has 1 amide bonds. The molecule has 1 aliphatic heterocycles. The quantitative estimate of drug-likeness (QED) is 0.674. The Labute approximate surface area is 174 Å². The average Bonchev–Trinajstić information content (AvgIpc) is 3.32. The number of rotatable bonds is 5. The number of carbonyl (C=O) groups is 1. The molecule has 0 spiro atoms. The first-order valence-corrected chi connectivity index (χ1v) is 11.1. The molecular weight excluding hydrogens is 412 g/mol. The maximum Gasteiger partial charge on any atom is 0.251 e. The summed E-state index contributed by atoms with van der Waals surface area (Å²) in [5.41, 5.74) is 2.64. The van der Waals surface area contributed by atoms with E-state index in [1.807, 2.05) is 18.3 Å². The van der Waals surface area contributed by atoms with Gasteiger partial charge in [0.25, 0.3) is 5.91 Å². The molecule has 0 aliphatic carbocycles. The molecule has 1 aromatic heterocycles. The zero-order valence-corrected chi connectivity index (χ0v) is 17.0. The molecule has 1 saturated heterocycles. The largest absolute Gasteiger partial charge is 0.348 e. The lowest BCUT2D eigenvalue weighted by atomic mass is 10.2. The zero-order valence-electron chi connectivity index (χ0n) is 15.5. The summed E-state index contributed by atoms with van der Waals surface area (Å²) in [6.45, 7) is 0.746. The van der Waals surface area contributed by atoms with Crippen molar-refractivity contribution in [2.45, 2.75) is 13.0 Å². The molecule has 1 fully saturated rings. The summed E-state index contributed by atoms with van der Waals surface area (Å²) in [4.78, 5) is 12.5. The fourth-order valence-corrected chi connectivity index (χ4v) is 4.88. The van der Waals surface area contributed by atoms with Crippen molar-refractivity contribution in [1.29, 1.82) is 0 Å². The van der Waals surface area contributed by atoms with Gasteiger partial charge in [0.15, 0.2) is 0 Å². The van der Waals surface area contributed by atoms with Crippen LogP contribution < -0.4 is 9.62 Å². The highest BCUT2D eigenvalue weighted by atomic mass is 35.5. The Morgan fingerprint density at radius 1 is 1.14 bits per heavy atom. The van der Waals surface area contributed by atoms with E-state index in [1.54, 1.807) is 47.3 Å². The van der Waals surface area contributed by atoms with Gasteiger partial charge in [-0.2, -0.15) is 5.10 Å². The van der Waals surface area contributed by atoms with E-state index in [4.69, 9.17) is 11.6 Å². The lowest BCUT2D eigenvalue weighted by Gasteiger charge is -2.17. The van der Waals surface area contributed by atoms with Crippen LogP contribution in [0.1, 0.15) is 22.3 Å². The molecule has 1 aliphatic rings. The minimum absolute atomic E-state index is 0.140. The SMILES string of the molecule is O=C(NCc1cnn(-c2ccc(Cl)cc2)c1)c1cccc(N2CCCS2(=O)=O)c1. The van der Waals surface area contributed by atoms with Gasteiger partial charge in [-0.1, -0.05) is 17.7 Å². The van der Waals surface area contributed by atoms with Crippen molar-refractivity contribution in [3.8, 4) is 5.69 Å². The molecular formula is C20H19ClN4O3S. The molecule has 2 heterocycles. The first-order valence-electron chi connectivity index (χ1n) is 9.10. The summed E-state index contributed by atoms with van der Waals surface area (Å²) >= 11 is 5.90. The Bertz CT molecular complexity index is 1140. The van der Waals surface area contributed by atoms with Gasteiger partial charge in [-0.25, -0.2) is 13.1 Å². The molecule has 0 saturated carbocycles. The van der Waals surface area contributed by atoms with Crippen molar-refractivity contribution in [2.75, 3.05) is 16.6 Å². The molecule has 3 aromatic rings. The number of anilines is 1. The Hall–Kier alpha value is -2.84. The van der Waals surface area contributed by atoms with Crippen molar-refractivity contribution in [3.05, 3.63) is 77.1 Å². The Morgan fingerprint density at radius 2 is 1.93 bits per heavy atom. The number of amides is 1. The second-order valence-electron chi connectivity index (χ2n) is 6.74. The Balaban J connectivity index is 1.43. The molecule has 0 unspecified atom stereocenters. The van der Waals surface area contributed by atoms with Gasteiger partial charge in [-0.3, -0.25) is 9.10 Å². The van der Waals surface area contributed by atoms with E-state index in [1.165, 1.54) is 4.31 Å². The predicted molar refractivity (Wildman–Crippen MR) is 112 cm³/mol. The van der Waals surface area contributed by atoms with Crippen molar-refractivity contribution in [1.82, 2.24) is 15.1 Å². The maximum atomic E-state index is 12.5. The molecule has 2 aromatic carbocycles. The smallest absolute Gasteiger partial charge is 0.251 e. The summed E-state index contributed by atoms with van der Waals surface area (Å²) in [7, 11) is -3.28. The third kappa shape index (κ3) is 4.28. The molecule has 0 atom stereocenters. The van der Waals surface area contributed by atoms with Crippen LogP contribution >= 0.6 is 11.6 Å². The summed E-state index contributed by atoms with van der Waals surface area (Å²) in [6, 6.07) is 14.0. The lowest BCUT2D eigenvalue weighted by Crippen LogP contribution is -2.26. The van der Waals surface area contributed by atoms with Gasteiger partial charge >= 0.3 is 0 Å². The summed E-state index contributed by atoms with van der Waals surface area (Å²) in [5.74, 6) is -0.135. The van der Waals surface area contributed by atoms with Gasteiger partial charge in [0, 0.05) is 35.4 Å². The van der Waals surface area contributed by atoms with E-state index in [-0.39, 0.29) is 11.7 Å². The highest BCUT2D eigenvalue weighted by Crippen LogP contribution is 2.24. The number of halogens is 1. The fourth-order valence-electron chi connectivity index (χ4n) is 3.20. The first-order chi connectivity index (χ1) is 13.9. The van der Waals surface area contributed by atoms with Gasteiger partial charge in [0.2, 0.25) is 10.0 Å². The number of hydrogen-bond acceptors (Lipinski definition) is 4. The molecule has 150 valence electrons. The molecule has 1 N–H and O–H groups in total. The van der Waals surface area contributed by atoms with Gasteiger partial charge in [0.05, 0.1) is 23.3 Å². The second-order valence-corrected chi connectivity index (χ2v) is 9.19. The highest BCUT2D eigenvalue weighted by Gasteiger charge is 2.28. The number of hydrogen-bond donors (Lipinski definition) is 1. The summed E-state index contributed by atoms with van der Waals surface area (Å²) < 4.78 is 27.3. The van der Waals surface area contributed by atoms with Crippen molar-refractivity contribution >= 4 is 33.2 Å². The first kappa shape index (κ1) is 19.5. The van der Waals surface area contributed by atoms with E-state index in [0.29, 0.717) is 35.8 Å². The standard InChI is InChI=1S/C20H19ClN4O3S/c21-17-5-7-18(8-6-17)24-14-15(13-23-24)12-22-20(26)16-3-1-4-19(11-16)25-9-2-10-29(25,27)28/h1,3-8,11,13-14H,2,9-10,12H2,(H,22,26). The third-order valence-electron chi connectivity index (χ3n) is 4.68. The van der Waals surface area contributed by atoms with E-state index < -0.39 is 10.0 Å². The maximum absolute atomic E-state index is 12.5. The van der Waals surface area contributed by atoms with E-state index in [0.717, 1.165) is 11.3 Å². The fraction of sp³-hybridized carbons (Fsp3) is 0.200. The van der Waals surface area contributed by atoms with Gasteiger partial charge < -0.3 is 5.32 Å². The van der Waals surface area contributed by atoms with Crippen molar-refractivity contribution in [3.63, 3.8) is 0 Å². The van der Waals surface area contributed by atoms with Crippen LogP contribution in [0.5, 0.6) is 0 Å². The van der Waals surface area contributed by atoms with Crippen LogP contribution in [0.15, 0.2) is 60.9 Å². The highest BCUT2D eigenvalue weighted by molar-refractivity contribution is 7.93. The molecule has 9 heteroatoms. The summed E-state index contributed by atoms with van der Waals surface area (Å²) in [5, 5.41) is 7.79. The normalized spacial score (nSPS) is 15.4. The van der Waals surface area contributed by atoms with Gasteiger partial charge in [-0.05, 0) is 48.9 Å². The number of aromatic nitrogens is 2. The van der Waals surface area contributed by atoms with Crippen LogP contribution in [0.2, 0.25) is 5.02 Å². The topological polar surface area (TPSA) is 84.3 Å². The van der Waals surface area contributed by atoms with E-state index in [9.17, 15) is 13.2 Å².